The maximum absolute atomic E-state index is 5.77. The Kier molecular flexibility index (Phi) is 5.46. The Morgan fingerprint density at radius 2 is 1.87 bits per heavy atom. The van der Waals surface area contributed by atoms with Gasteiger partial charge in [0.1, 0.15) is 0 Å². The number of nitrogens with two attached hydrogens (primary N) is 1. The molecule has 0 aromatic rings. The van der Waals surface area contributed by atoms with E-state index in [0.29, 0.717) is 6.54 Å². The Hall–Kier alpha value is -0.940. The van der Waals surface area contributed by atoms with E-state index in [4.69, 9.17) is 12.2 Å². The SMILES string of the molecule is C#CC(C)(C)/C=C/NC(CC)(CC)CN. The van der Waals surface area contributed by atoms with Gasteiger partial charge in [0.2, 0.25) is 0 Å². The monoisotopic (exact) mass is 208 g/mol. The van der Waals surface area contributed by atoms with Gasteiger partial charge in [0.05, 0.1) is 0 Å². The van der Waals surface area contributed by atoms with Crippen molar-refractivity contribution in [1.82, 2.24) is 5.32 Å². The molecule has 15 heavy (non-hydrogen) atoms. The fourth-order valence-electron chi connectivity index (χ4n) is 1.28. The zero-order chi connectivity index (χ0) is 11.9. The van der Waals surface area contributed by atoms with E-state index in [0.717, 1.165) is 12.8 Å². The molecule has 0 amide bonds. The molecule has 86 valence electrons. The summed E-state index contributed by atoms with van der Waals surface area (Å²) in [5, 5.41) is 3.37. The van der Waals surface area contributed by atoms with Gasteiger partial charge in [-0.25, -0.2) is 0 Å². The topological polar surface area (TPSA) is 38.0 Å². The van der Waals surface area contributed by atoms with Crippen LogP contribution < -0.4 is 11.1 Å². The normalized spacial score (nSPS) is 12.8. The minimum atomic E-state index is -0.200. The standard InChI is InChI=1S/C13H24N2/c1-6-12(4,5)9-10-15-13(7-2,8-3)11-14/h1,9-10,15H,7-8,11,14H2,2-5H3/b10-9+. The third kappa shape index (κ3) is 4.40. The lowest BCUT2D eigenvalue weighted by molar-refractivity contribution is 0.347. The van der Waals surface area contributed by atoms with E-state index >= 15 is 0 Å². The van der Waals surface area contributed by atoms with Crippen LogP contribution in [0.15, 0.2) is 12.3 Å². The van der Waals surface area contributed by atoms with Crippen molar-refractivity contribution in [3.63, 3.8) is 0 Å². The van der Waals surface area contributed by atoms with Crippen molar-refractivity contribution in [2.45, 2.75) is 46.1 Å². The molecule has 0 spiro atoms. The van der Waals surface area contributed by atoms with Crippen LogP contribution >= 0.6 is 0 Å². The van der Waals surface area contributed by atoms with Crippen LogP contribution in [0.3, 0.4) is 0 Å². The van der Waals surface area contributed by atoms with Crippen molar-refractivity contribution in [3.8, 4) is 12.3 Å². The predicted octanol–water partition coefficient (Wildman–Crippen LogP) is 2.27. The molecule has 0 heterocycles. The van der Waals surface area contributed by atoms with Gasteiger partial charge in [-0.1, -0.05) is 25.8 Å². The number of hydrogen-bond donors (Lipinski definition) is 2. The van der Waals surface area contributed by atoms with E-state index in [-0.39, 0.29) is 11.0 Å². The van der Waals surface area contributed by atoms with Gasteiger partial charge in [-0.05, 0) is 32.9 Å². The van der Waals surface area contributed by atoms with Crippen molar-refractivity contribution < 1.29 is 0 Å². The highest BCUT2D eigenvalue weighted by atomic mass is 15.0. The molecule has 0 rings (SSSR count). The van der Waals surface area contributed by atoms with Crippen LogP contribution in [0.2, 0.25) is 0 Å². The van der Waals surface area contributed by atoms with Crippen LogP contribution in [0.1, 0.15) is 40.5 Å². The molecule has 0 aromatic carbocycles. The maximum atomic E-state index is 5.77. The Bertz CT molecular complexity index is 233. The molecule has 0 fully saturated rings. The van der Waals surface area contributed by atoms with Gasteiger partial charge in [0.25, 0.3) is 0 Å². The van der Waals surface area contributed by atoms with E-state index in [1.54, 1.807) is 0 Å². The second-order valence-corrected chi connectivity index (χ2v) is 4.54. The fraction of sp³-hybridized carbons (Fsp3) is 0.692. The summed E-state index contributed by atoms with van der Waals surface area (Å²) in [4.78, 5) is 0. The van der Waals surface area contributed by atoms with Gasteiger partial charge in [-0.15, -0.1) is 6.42 Å². The zero-order valence-corrected chi connectivity index (χ0v) is 10.4. The molecule has 0 aliphatic rings. The van der Waals surface area contributed by atoms with Crippen molar-refractivity contribution in [3.05, 3.63) is 12.3 Å². The highest BCUT2D eigenvalue weighted by Crippen LogP contribution is 2.16. The van der Waals surface area contributed by atoms with Gasteiger partial charge < -0.3 is 11.1 Å². The summed E-state index contributed by atoms with van der Waals surface area (Å²) < 4.78 is 0. The summed E-state index contributed by atoms with van der Waals surface area (Å²) in [5.41, 5.74) is 5.59. The molecule has 0 radical (unpaired) electrons. The Morgan fingerprint density at radius 3 is 2.20 bits per heavy atom. The van der Waals surface area contributed by atoms with Crippen LogP contribution in [0, 0.1) is 17.8 Å². The van der Waals surface area contributed by atoms with Gasteiger partial charge in [0.15, 0.2) is 0 Å². The lowest BCUT2D eigenvalue weighted by atomic mass is 9.92. The van der Waals surface area contributed by atoms with Crippen molar-refractivity contribution in [2.24, 2.45) is 11.1 Å². The van der Waals surface area contributed by atoms with E-state index in [9.17, 15) is 0 Å². The first-order valence-corrected chi connectivity index (χ1v) is 5.58. The summed E-state index contributed by atoms with van der Waals surface area (Å²) >= 11 is 0. The van der Waals surface area contributed by atoms with E-state index in [1.165, 1.54) is 0 Å². The van der Waals surface area contributed by atoms with Gasteiger partial charge >= 0.3 is 0 Å². The largest absolute Gasteiger partial charge is 0.384 e. The third-order valence-electron chi connectivity index (χ3n) is 3.01. The van der Waals surface area contributed by atoms with E-state index in [2.05, 4.69) is 25.1 Å². The number of hydrogen-bond acceptors (Lipinski definition) is 2. The lowest BCUT2D eigenvalue weighted by Crippen LogP contribution is -2.47. The van der Waals surface area contributed by atoms with Gasteiger partial charge in [-0.2, -0.15) is 0 Å². The average molecular weight is 208 g/mol. The van der Waals surface area contributed by atoms with Crippen LogP contribution in [-0.4, -0.2) is 12.1 Å². The minimum Gasteiger partial charge on any atom is -0.384 e. The van der Waals surface area contributed by atoms with Crippen LogP contribution in [-0.2, 0) is 0 Å². The fourth-order valence-corrected chi connectivity index (χ4v) is 1.28. The molecule has 0 aliphatic carbocycles. The molecular formula is C13H24N2. The highest BCUT2D eigenvalue weighted by molar-refractivity contribution is 5.12. The number of nitrogens with one attached hydrogen (secondary N) is 1. The summed E-state index contributed by atoms with van der Waals surface area (Å²) in [5.74, 6) is 2.72. The summed E-state index contributed by atoms with van der Waals surface area (Å²) in [6.45, 7) is 8.94. The van der Waals surface area contributed by atoms with Crippen molar-refractivity contribution in [2.75, 3.05) is 6.54 Å². The maximum Gasteiger partial charge on any atom is 0.0484 e. The van der Waals surface area contributed by atoms with Crippen LogP contribution in [0.25, 0.3) is 0 Å². The summed E-state index contributed by atoms with van der Waals surface area (Å²) in [7, 11) is 0. The lowest BCUT2D eigenvalue weighted by Gasteiger charge is -2.31. The van der Waals surface area contributed by atoms with Crippen LogP contribution in [0.5, 0.6) is 0 Å². The first-order valence-electron chi connectivity index (χ1n) is 5.58. The molecule has 2 heteroatoms. The second-order valence-electron chi connectivity index (χ2n) is 4.54. The van der Waals surface area contributed by atoms with Crippen molar-refractivity contribution in [1.29, 1.82) is 0 Å². The Morgan fingerprint density at radius 1 is 1.33 bits per heavy atom. The predicted molar refractivity (Wildman–Crippen MR) is 67.3 cm³/mol. The van der Waals surface area contributed by atoms with Crippen LogP contribution in [0.4, 0.5) is 0 Å². The Labute approximate surface area is 94.3 Å². The molecule has 0 aromatic heterocycles. The first-order chi connectivity index (χ1) is 6.95. The summed E-state index contributed by atoms with van der Waals surface area (Å²) in [6, 6.07) is 0. The molecule has 3 N–H and O–H groups in total. The minimum absolute atomic E-state index is 0.0151. The third-order valence-corrected chi connectivity index (χ3v) is 3.01. The first kappa shape index (κ1) is 14.1. The van der Waals surface area contributed by atoms with Gasteiger partial charge in [0, 0.05) is 17.5 Å². The molecule has 0 saturated carbocycles. The molecule has 0 unspecified atom stereocenters. The van der Waals surface area contributed by atoms with Gasteiger partial charge in [-0.3, -0.25) is 0 Å². The Balaban J connectivity index is 4.42. The quantitative estimate of drug-likeness (QED) is 0.657. The van der Waals surface area contributed by atoms with E-state index < -0.39 is 0 Å². The number of rotatable bonds is 6. The van der Waals surface area contributed by atoms with E-state index in [1.807, 2.05) is 26.1 Å². The molecule has 0 bridgehead atoms. The summed E-state index contributed by atoms with van der Waals surface area (Å²) in [6.07, 6.45) is 11.4. The van der Waals surface area contributed by atoms with Crippen molar-refractivity contribution >= 4 is 0 Å². The number of terminal acetylenes is 1. The molecular weight excluding hydrogens is 184 g/mol. The molecule has 0 aliphatic heterocycles. The highest BCUT2D eigenvalue weighted by Gasteiger charge is 2.22. The molecule has 0 saturated heterocycles. The zero-order valence-electron chi connectivity index (χ0n) is 10.4. The number of allylic oxidation sites excluding steroid dienone is 1. The smallest absolute Gasteiger partial charge is 0.0484 e. The second kappa shape index (κ2) is 5.82. The average Bonchev–Trinajstić information content (AvgIpc) is 2.25. The molecule has 2 nitrogen and oxygen atoms in total. The molecule has 0 atom stereocenters.